The van der Waals surface area contributed by atoms with Crippen LogP contribution in [0.1, 0.15) is 12.0 Å². The van der Waals surface area contributed by atoms with E-state index in [1.54, 1.807) is 0 Å². The zero-order chi connectivity index (χ0) is 17.1. The molecule has 4 rings (SSSR count). The summed E-state index contributed by atoms with van der Waals surface area (Å²) in [6, 6.07) is 4.71. The molecule has 0 aromatic heterocycles. The fourth-order valence-corrected chi connectivity index (χ4v) is 4.10. The van der Waals surface area contributed by atoms with Crippen molar-refractivity contribution in [3.8, 4) is 0 Å². The Labute approximate surface area is 136 Å². The first-order valence-corrected chi connectivity index (χ1v) is 7.81. The molecular weight excluding hydrogens is 321 g/mol. The van der Waals surface area contributed by atoms with Crippen LogP contribution in [0.15, 0.2) is 36.4 Å². The highest BCUT2D eigenvalue weighted by molar-refractivity contribution is 6.06. The lowest BCUT2D eigenvalue weighted by molar-refractivity contribution is -0.140. The van der Waals surface area contributed by atoms with Gasteiger partial charge in [-0.3, -0.25) is 14.5 Å². The number of benzene rings is 1. The average molecular weight is 336 g/mol. The Balaban J connectivity index is 1.48. The van der Waals surface area contributed by atoms with Gasteiger partial charge in [0, 0.05) is 5.69 Å². The van der Waals surface area contributed by atoms with Crippen molar-refractivity contribution < 1.29 is 22.8 Å². The van der Waals surface area contributed by atoms with E-state index in [1.807, 2.05) is 12.2 Å². The van der Waals surface area contributed by atoms with Crippen LogP contribution in [0.25, 0.3) is 0 Å². The standard InChI is InChI=1S/C17H15F3N2O2/c18-17(19,20)11-2-1-3-12(7-11)21-8-22-15(23)13-9-4-5-10(6-9)14(13)16(22)24/h1-5,7,9-10,13-14,21H,6,8H2/t9-,10-,13-,14-/m0/s1. The van der Waals surface area contributed by atoms with Crippen molar-refractivity contribution in [3.63, 3.8) is 0 Å². The number of anilines is 1. The highest BCUT2D eigenvalue weighted by Crippen LogP contribution is 2.52. The number of carbonyl (C=O) groups is 2. The number of alkyl halides is 3. The van der Waals surface area contributed by atoms with Crippen molar-refractivity contribution in [2.24, 2.45) is 23.7 Å². The van der Waals surface area contributed by atoms with E-state index in [2.05, 4.69) is 5.32 Å². The van der Waals surface area contributed by atoms with Gasteiger partial charge in [0.05, 0.1) is 24.1 Å². The highest BCUT2D eigenvalue weighted by atomic mass is 19.4. The zero-order valence-electron chi connectivity index (χ0n) is 12.6. The largest absolute Gasteiger partial charge is 0.416 e. The molecule has 0 radical (unpaired) electrons. The summed E-state index contributed by atoms with van der Waals surface area (Å²) in [5.41, 5.74) is -0.547. The van der Waals surface area contributed by atoms with Gasteiger partial charge in [0.25, 0.3) is 0 Å². The van der Waals surface area contributed by atoms with Crippen molar-refractivity contribution in [2.45, 2.75) is 12.6 Å². The van der Waals surface area contributed by atoms with E-state index in [0.29, 0.717) is 0 Å². The minimum Gasteiger partial charge on any atom is -0.367 e. The summed E-state index contributed by atoms with van der Waals surface area (Å²) in [6.45, 7) is -0.106. The number of fused-ring (bicyclic) bond motifs is 5. The topological polar surface area (TPSA) is 49.4 Å². The number of likely N-dealkylation sites (tertiary alicyclic amines) is 1. The van der Waals surface area contributed by atoms with E-state index in [0.717, 1.165) is 23.5 Å². The lowest BCUT2D eigenvalue weighted by Crippen LogP contribution is -2.37. The number of hydrogen-bond acceptors (Lipinski definition) is 3. The Morgan fingerprint density at radius 2 is 1.71 bits per heavy atom. The molecule has 2 fully saturated rings. The van der Waals surface area contributed by atoms with E-state index < -0.39 is 11.7 Å². The zero-order valence-corrected chi connectivity index (χ0v) is 12.6. The molecule has 1 saturated carbocycles. The Morgan fingerprint density at radius 1 is 1.08 bits per heavy atom. The number of hydrogen-bond donors (Lipinski definition) is 1. The van der Waals surface area contributed by atoms with Crippen LogP contribution in [0, 0.1) is 23.7 Å². The number of imide groups is 1. The molecule has 1 aromatic carbocycles. The molecule has 1 N–H and O–H groups in total. The summed E-state index contributed by atoms with van der Waals surface area (Å²) in [6.07, 6.45) is 0.419. The predicted octanol–water partition coefficient (Wildman–Crippen LogP) is 2.88. The number of nitrogens with one attached hydrogen (secondary N) is 1. The molecule has 1 aliphatic heterocycles. The molecule has 2 amide bonds. The molecule has 3 aliphatic rings. The number of carbonyl (C=O) groups excluding carboxylic acids is 2. The molecule has 126 valence electrons. The third-order valence-electron chi connectivity index (χ3n) is 5.19. The molecule has 1 saturated heterocycles. The van der Waals surface area contributed by atoms with Gasteiger partial charge in [-0.05, 0) is 36.5 Å². The van der Waals surface area contributed by atoms with Crippen molar-refractivity contribution >= 4 is 17.5 Å². The number of nitrogens with zero attached hydrogens (tertiary/aromatic N) is 1. The highest BCUT2D eigenvalue weighted by Gasteiger charge is 2.59. The lowest BCUT2D eigenvalue weighted by Gasteiger charge is -2.19. The maximum absolute atomic E-state index is 12.7. The summed E-state index contributed by atoms with van der Waals surface area (Å²) in [5, 5.41) is 2.76. The van der Waals surface area contributed by atoms with Gasteiger partial charge >= 0.3 is 6.18 Å². The first-order chi connectivity index (χ1) is 11.4. The summed E-state index contributed by atoms with van der Waals surface area (Å²) in [4.78, 5) is 26.1. The summed E-state index contributed by atoms with van der Waals surface area (Å²) >= 11 is 0. The van der Waals surface area contributed by atoms with Gasteiger partial charge in [-0.1, -0.05) is 18.2 Å². The van der Waals surface area contributed by atoms with Crippen LogP contribution in [0.2, 0.25) is 0 Å². The van der Waals surface area contributed by atoms with E-state index in [9.17, 15) is 22.8 Å². The molecule has 0 unspecified atom stereocenters. The van der Waals surface area contributed by atoms with Gasteiger partial charge in [0.1, 0.15) is 0 Å². The second kappa shape index (κ2) is 5.09. The summed E-state index contributed by atoms with van der Waals surface area (Å²) < 4.78 is 38.2. The SMILES string of the molecule is O=C1[C@@H]2[C@@H](C(=O)N1CNc1cccc(C(F)(F)F)c1)[C@H]1C=C[C@H]2C1. The van der Waals surface area contributed by atoms with Crippen molar-refractivity contribution in [3.05, 3.63) is 42.0 Å². The monoisotopic (exact) mass is 336 g/mol. The minimum atomic E-state index is -4.43. The third-order valence-corrected chi connectivity index (χ3v) is 5.19. The minimum absolute atomic E-state index is 0.106. The third kappa shape index (κ3) is 2.22. The second-order valence-corrected chi connectivity index (χ2v) is 6.52. The smallest absolute Gasteiger partial charge is 0.367 e. The Bertz CT molecular complexity index is 714. The Hall–Kier alpha value is -2.31. The molecular formula is C17H15F3N2O2. The van der Waals surface area contributed by atoms with Gasteiger partial charge in [-0.25, -0.2) is 0 Å². The number of allylic oxidation sites excluding steroid dienone is 2. The maximum atomic E-state index is 12.7. The average Bonchev–Trinajstić information content (AvgIpc) is 3.20. The van der Waals surface area contributed by atoms with Crippen LogP contribution in [-0.2, 0) is 15.8 Å². The molecule has 0 spiro atoms. The van der Waals surface area contributed by atoms with Gasteiger partial charge in [-0.15, -0.1) is 0 Å². The Morgan fingerprint density at radius 3 is 2.29 bits per heavy atom. The van der Waals surface area contributed by atoms with Crippen LogP contribution in [0.3, 0.4) is 0 Å². The van der Waals surface area contributed by atoms with Crippen LogP contribution in [0.5, 0.6) is 0 Å². The van der Waals surface area contributed by atoms with E-state index in [1.165, 1.54) is 12.1 Å². The maximum Gasteiger partial charge on any atom is 0.416 e. The van der Waals surface area contributed by atoms with E-state index >= 15 is 0 Å². The second-order valence-electron chi connectivity index (χ2n) is 6.52. The van der Waals surface area contributed by atoms with Crippen molar-refractivity contribution in [2.75, 3.05) is 12.0 Å². The van der Waals surface area contributed by atoms with E-state index in [-0.39, 0.29) is 47.8 Å². The summed E-state index contributed by atoms with van der Waals surface area (Å²) in [5.74, 6) is -0.792. The normalized spacial score (nSPS) is 31.0. The predicted molar refractivity (Wildman–Crippen MR) is 79.5 cm³/mol. The lowest BCUT2D eigenvalue weighted by atomic mass is 9.85. The fraction of sp³-hybridized carbons (Fsp3) is 0.412. The molecule has 2 bridgehead atoms. The fourth-order valence-electron chi connectivity index (χ4n) is 4.10. The number of halogens is 3. The van der Waals surface area contributed by atoms with E-state index in [4.69, 9.17) is 0 Å². The Kier molecular flexibility index (Phi) is 3.23. The van der Waals surface area contributed by atoms with Crippen LogP contribution >= 0.6 is 0 Å². The number of amides is 2. The van der Waals surface area contributed by atoms with Crippen molar-refractivity contribution in [1.29, 1.82) is 0 Å². The van der Waals surface area contributed by atoms with Gasteiger partial charge in [0.2, 0.25) is 11.8 Å². The van der Waals surface area contributed by atoms with Gasteiger partial charge in [0.15, 0.2) is 0 Å². The molecule has 1 heterocycles. The van der Waals surface area contributed by atoms with Gasteiger partial charge < -0.3 is 5.32 Å². The molecule has 2 aliphatic carbocycles. The van der Waals surface area contributed by atoms with Gasteiger partial charge in [-0.2, -0.15) is 13.2 Å². The molecule has 1 aromatic rings. The molecule has 4 atom stereocenters. The van der Waals surface area contributed by atoms with Crippen LogP contribution in [-0.4, -0.2) is 23.4 Å². The first kappa shape index (κ1) is 15.2. The first-order valence-electron chi connectivity index (χ1n) is 7.81. The quantitative estimate of drug-likeness (QED) is 0.682. The summed E-state index contributed by atoms with van der Waals surface area (Å²) in [7, 11) is 0. The van der Waals surface area contributed by atoms with Crippen molar-refractivity contribution in [1.82, 2.24) is 4.90 Å². The van der Waals surface area contributed by atoms with Crippen LogP contribution in [0.4, 0.5) is 18.9 Å². The molecule has 7 heteroatoms. The van der Waals surface area contributed by atoms with Crippen LogP contribution < -0.4 is 5.32 Å². The molecule has 4 nitrogen and oxygen atoms in total. The number of rotatable bonds is 3. The molecule has 24 heavy (non-hydrogen) atoms.